The van der Waals surface area contributed by atoms with Crippen LogP contribution in [0, 0.1) is 5.92 Å². The Kier molecular flexibility index (Phi) is 5.48. The normalized spacial score (nSPS) is 15.0. The summed E-state index contributed by atoms with van der Waals surface area (Å²) < 4.78 is 5.28. The van der Waals surface area contributed by atoms with E-state index < -0.39 is 0 Å². The molecule has 1 aliphatic heterocycles. The molecular formula is C19H24N4O2. The average Bonchev–Trinajstić information content (AvgIpc) is 2.63. The topological polar surface area (TPSA) is 67.3 Å². The van der Waals surface area contributed by atoms with Crippen molar-refractivity contribution >= 4 is 17.5 Å². The lowest BCUT2D eigenvalue weighted by molar-refractivity contribution is -0.115. The molecule has 132 valence electrons. The molecule has 1 N–H and O–H groups in total. The Bertz CT molecular complexity index is 710. The maximum Gasteiger partial charge on any atom is 0.229 e. The van der Waals surface area contributed by atoms with Crippen molar-refractivity contribution in [2.75, 3.05) is 30.4 Å². The zero-order chi connectivity index (χ0) is 17.6. The zero-order valence-corrected chi connectivity index (χ0v) is 14.7. The van der Waals surface area contributed by atoms with Crippen molar-refractivity contribution in [1.29, 1.82) is 0 Å². The van der Waals surface area contributed by atoms with Gasteiger partial charge in [0.05, 0.1) is 31.6 Å². The molecule has 6 nitrogen and oxygen atoms in total. The molecule has 0 radical (unpaired) electrons. The highest BCUT2D eigenvalue weighted by Crippen LogP contribution is 2.21. The number of carbonyl (C=O) groups excluding carboxylic acids is 1. The largest absolute Gasteiger partial charge is 0.496 e. The number of hydrogen-bond acceptors (Lipinski definition) is 5. The van der Waals surface area contributed by atoms with Crippen molar-refractivity contribution in [2.45, 2.75) is 26.2 Å². The summed E-state index contributed by atoms with van der Waals surface area (Å²) >= 11 is 0. The number of benzene rings is 1. The van der Waals surface area contributed by atoms with E-state index in [-0.39, 0.29) is 12.3 Å². The molecule has 2 aromatic rings. The van der Waals surface area contributed by atoms with Crippen LogP contribution in [0.1, 0.15) is 25.3 Å². The first-order valence-electron chi connectivity index (χ1n) is 8.64. The van der Waals surface area contributed by atoms with Gasteiger partial charge in [-0.05, 0) is 24.8 Å². The first-order valence-corrected chi connectivity index (χ1v) is 8.64. The van der Waals surface area contributed by atoms with E-state index in [2.05, 4.69) is 27.1 Å². The maximum atomic E-state index is 12.2. The van der Waals surface area contributed by atoms with E-state index in [0.717, 1.165) is 30.5 Å². The minimum atomic E-state index is -0.118. The quantitative estimate of drug-likeness (QED) is 0.906. The minimum Gasteiger partial charge on any atom is -0.496 e. The highest BCUT2D eigenvalue weighted by Gasteiger charge is 2.18. The van der Waals surface area contributed by atoms with Gasteiger partial charge in [-0.1, -0.05) is 25.1 Å². The van der Waals surface area contributed by atoms with E-state index in [9.17, 15) is 4.79 Å². The highest BCUT2D eigenvalue weighted by molar-refractivity contribution is 5.92. The second-order valence-corrected chi connectivity index (χ2v) is 6.48. The molecule has 0 spiro atoms. The minimum absolute atomic E-state index is 0.118. The number of piperidine rings is 1. The number of rotatable bonds is 5. The Morgan fingerprint density at radius 2 is 1.92 bits per heavy atom. The van der Waals surface area contributed by atoms with Gasteiger partial charge in [-0.25, -0.2) is 9.97 Å². The SMILES string of the molecule is COc1ccccc1CC(=O)Nc1cnc(N2CCC(C)CC2)nc1. The van der Waals surface area contributed by atoms with Crippen LogP contribution < -0.4 is 15.0 Å². The Morgan fingerprint density at radius 3 is 2.60 bits per heavy atom. The monoisotopic (exact) mass is 340 g/mol. The summed E-state index contributed by atoms with van der Waals surface area (Å²) in [5.41, 5.74) is 1.46. The van der Waals surface area contributed by atoms with Gasteiger partial charge < -0.3 is 15.0 Å². The van der Waals surface area contributed by atoms with Crippen LogP contribution in [-0.4, -0.2) is 36.1 Å². The van der Waals surface area contributed by atoms with Crippen molar-refractivity contribution < 1.29 is 9.53 Å². The number of amides is 1. The number of nitrogens with one attached hydrogen (secondary N) is 1. The number of para-hydroxylation sites is 1. The molecule has 0 unspecified atom stereocenters. The van der Waals surface area contributed by atoms with E-state index in [1.165, 1.54) is 12.8 Å². The molecule has 6 heteroatoms. The molecule has 1 amide bonds. The Morgan fingerprint density at radius 1 is 1.24 bits per heavy atom. The Balaban J connectivity index is 1.58. The van der Waals surface area contributed by atoms with Gasteiger partial charge in [0.15, 0.2) is 0 Å². The second-order valence-electron chi connectivity index (χ2n) is 6.48. The molecule has 1 saturated heterocycles. The molecule has 0 aliphatic carbocycles. The third-order valence-electron chi connectivity index (χ3n) is 4.53. The van der Waals surface area contributed by atoms with Gasteiger partial charge in [0.2, 0.25) is 11.9 Å². The van der Waals surface area contributed by atoms with E-state index in [0.29, 0.717) is 11.4 Å². The smallest absolute Gasteiger partial charge is 0.229 e. The van der Waals surface area contributed by atoms with E-state index in [1.807, 2.05) is 24.3 Å². The Hall–Kier alpha value is -2.63. The zero-order valence-electron chi connectivity index (χ0n) is 14.7. The van der Waals surface area contributed by atoms with Gasteiger partial charge in [0, 0.05) is 18.7 Å². The van der Waals surface area contributed by atoms with Crippen LogP contribution >= 0.6 is 0 Å². The summed E-state index contributed by atoms with van der Waals surface area (Å²) in [7, 11) is 1.60. The summed E-state index contributed by atoms with van der Waals surface area (Å²) in [4.78, 5) is 23.2. The maximum absolute atomic E-state index is 12.2. The van der Waals surface area contributed by atoms with Crippen LogP contribution in [0.2, 0.25) is 0 Å². The number of methoxy groups -OCH3 is 1. The van der Waals surface area contributed by atoms with Crippen molar-refractivity contribution in [3.8, 4) is 5.75 Å². The van der Waals surface area contributed by atoms with E-state index in [1.54, 1.807) is 19.5 Å². The number of hydrogen-bond donors (Lipinski definition) is 1. The molecule has 2 heterocycles. The van der Waals surface area contributed by atoms with Crippen LogP contribution in [0.15, 0.2) is 36.7 Å². The summed E-state index contributed by atoms with van der Waals surface area (Å²) in [5.74, 6) is 2.09. The third-order valence-corrected chi connectivity index (χ3v) is 4.53. The molecule has 1 aromatic heterocycles. The van der Waals surface area contributed by atoms with Gasteiger partial charge >= 0.3 is 0 Å². The molecule has 1 fully saturated rings. The molecule has 0 atom stereocenters. The van der Waals surface area contributed by atoms with Crippen molar-refractivity contribution in [2.24, 2.45) is 5.92 Å². The lowest BCUT2D eigenvalue weighted by Gasteiger charge is -2.30. The summed E-state index contributed by atoms with van der Waals surface area (Å²) in [5, 5.41) is 2.84. The molecule has 0 bridgehead atoms. The molecule has 1 aliphatic rings. The van der Waals surface area contributed by atoms with Crippen LogP contribution in [-0.2, 0) is 11.2 Å². The van der Waals surface area contributed by atoms with Gasteiger partial charge in [-0.15, -0.1) is 0 Å². The lowest BCUT2D eigenvalue weighted by Crippen LogP contribution is -2.34. The predicted octanol–water partition coefficient (Wildman–Crippen LogP) is 2.90. The number of carbonyl (C=O) groups is 1. The second kappa shape index (κ2) is 7.96. The van der Waals surface area contributed by atoms with Crippen molar-refractivity contribution in [3.05, 3.63) is 42.2 Å². The van der Waals surface area contributed by atoms with E-state index in [4.69, 9.17) is 4.74 Å². The average molecular weight is 340 g/mol. The van der Waals surface area contributed by atoms with Crippen LogP contribution in [0.5, 0.6) is 5.75 Å². The predicted molar refractivity (Wildman–Crippen MR) is 98.0 cm³/mol. The number of anilines is 2. The molecule has 25 heavy (non-hydrogen) atoms. The highest BCUT2D eigenvalue weighted by atomic mass is 16.5. The van der Waals surface area contributed by atoms with Crippen LogP contribution in [0.3, 0.4) is 0 Å². The van der Waals surface area contributed by atoms with Crippen molar-refractivity contribution in [3.63, 3.8) is 0 Å². The number of nitrogens with zero attached hydrogens (tertiary/aromatic N) is 3. The first kappa shape index (κ1) is 17.2. The fourth-order valence-electron chi connectivity index (χ4n) is 2.98. The van der Waals surface area contributed by atoms with E-state index >= 15 is 0 Å². The molecule has 1 aromatic carbocycles. The standard InChI is InChI=1S/C19H24N4O2/c1-14-7-9-23(10-8-14)19-20-12-16(13-21-19)22-18(24)11-15-5-3-4-6-17(15)25-2/h3-6,12-14H,7-11H2,1-2H3,(H,22,24). The summed E-state index contributed by atoms with van der Waals surface area (Å²) in [6.45, 7) is 4.25. The summed E-state index contributed by atoms with van der Waals surface area (Å²) in [6.07, 6.45) is 5.91. The molecule has 3 rings (SSSR count). The molecule has 0 saturated carbocycles. The van der Waals surface area contributed by atoms with Crippen LogP contribution in [0.4, 0.5) is 11.6 Å². The van der Waals surface area contributed by atoms with Crippen molar-refractivity contribution in [1.82, 2.24) is 9.97 Å². The van der Waals surface area contributed by atoms with Gasteiger partial charge in [0.1, 0.15) is 5.75 Å². The summed E-state index contributed by atoms with van der Waals surface area (Å²) in [6, 6.07) is 7.51. The van der Waals surface area contributed by atoms with Gasteiger partial charge in [0.25, 0.3) is 0 Å². The fraction of sp³-hybridized carbons (Fsp3) is 0.421. The van der Waals surface area contributed by atoms with Crippen LogP contribution in [0.25, 0.3) is 0 Å². The van der Waals surface area contributed by atoms with Gasteiger partial charge in [-0.3, -0.25) is 4.79 Å². The number of ether oxygens (including phenoxy) is 1. The third kappa shape index (κ3) is 4.47. The number of aromatic nitrogens is 2. The first-order chi connectivity index (χ1) is 12.2. The Labute approximate surface area is 148 Å². The lowest BCUT2D eigenvalue weighted by atomic mass is 10.00. The fourth-order valence-corrected chi connectivity index (χ4v) is 2.98. The molecular weight excluding hydrogens is 316 g/mol. The van der Waals surface area contributed by atoms with Gasteiger partial charge in [-0.2, -0.15) is 0 Å².